The van der Waals surface area contributed by atoms with Crippen LogP contribution < -0.4 is 0 Å². The number of hydrogen-bond acceptors (Lipinski definition) is 6. The molecule has 0 saturated heterocycles. The zero-order valence-corrected chi connectivity index (χ0v) is 47.0. The summed E-state index contributed by atoms with van der Waals surface area (Å²) in [7, 11) is 0. The number of allylic oxidation sites excluding steroid dienone is 12. The van der Waals surface area contributed by atoms with Crippen molar-refractivity contribution in [2.75, 3.05) is 13.2 Å². The summed E-state index contributed by atoms with van der Waals surface area (Å²) in [5.41, 5.74) is 0. The summed E-state index contributed by atoms with van der Waals surface area (Å²) in [4.78, 5) is 38.2. The fraction of sp³-hybridized carbons (Fsp3) is 0.769. The number of ether oxygens (including phenoxy) is 3. The first kappa shape index (κ1) is 67.8. The summed E-state index contributed by atoms with van der Waals surface area (Å²) in [6, 6.07) is 0. The number of unbranched alkanes of at least 4 members (excludes halogenated alkanes) is 32. The molecule has 410 valence electrons. The van der Waals surface area contributed by atoms with Gasteiger partial charge in [0.05, 0.1) is 0 Å². The van der Waals surface area contributed by atoms with Gasteiger partial charge in [-0.05, 0) is 109 Å². The second-order valence-electron chi connectivity index (χ2n) is 20.2. The molecule has 1 unspecified atom stereocenters. The van der Waals surface area contributed by atoms with Gasteiger partial charge < -0.3 is 14.2 Å². The maximum atomic E-state index is 12.9. The number of hydrogen-bond donors (Lipinski definition) is 0. The highest BCUT2D eigenvalue weighted by Gasteiger charge is 2.19. The summed E-state index contributed by atoms with van der Waals surface area (Å²) in [6.07, 6.45) is 76.1. The molecule has 1 atom stereocenters. The minimum absolute atomic E-state index is 0.0837. The van der Waals surface area contributed by atoms with E-state index in [2.05, 4.69) is 93.7 Å². The van der Waals surface area contributed by atoms with E-state index in [0.717, 1.165) is 96.3 Å². The zero-order chi connectivity index (χ0) is 51.4. The van der Waals surface area contributed by atoms with Gasteiger partial charge in [0.15, 0.2) is 6.10 Å². The van der Waals surface area contributed by atoms with Gasteiger partial charge in [0.25, 0.3) is 0 Å². The van der Waals surface area contributed by atoms with Crippen LogP contribution in [0.2, 0.25) is 0 Å². The Kier molecular flexibility index (Phi) is 56.8. The lowest BCUT2D eigenvalue weighted by atomic mass is 10.0. The van der Waals surface area contributed by atoms with Crippen molar-refractivity contribution in [3.8, 4) is 0 Å². The minimum atomic E-state index is -0.787. The van der Waals surface area contributed by atoms with Crippen LogP contribution in [0.15, 0.2) is 72.9 Å². The van der Waals surface area contributed by atoms with E-state index in [4.69, 9.17) is 14.2 Å². The van der Waals surface area contributed by atoms with Crippen LogP contribution in [0, 0.1) is 0 Å². The first-order valence-electron chi connectivity index (χ1n) is 30.4. The normalized spacial score (nSPS) is 12.5. The molecule has 71 heavy (non-hydrogen) atoms. The molecule has 6 heteroatoms. The van der Waals surface area contributed by atoms with Crippen LogP contribution in [-0.4, -0.2) is 37.2 Å². The van der Waals surface area contributed by atoms with E-state index in [-0.39, 0.29) is 31.1 Å². The number of esters is 3. The molecule has 0 radical (unpaired) electrons. The van der Waals surface area contributed by atoms with E-state index in [9.17, 15) is 14.4 Å². The van der Waals surface area contributed by atoms with Gasteiger partial charge in [-0.1, -0.05) is 248 Å². The fourth-order valence-electron chi connectivity index (χ4n) is 8.52. The second kappa shape index (κ2) is 59.4. The van der Waals surface area contributed by atoms with Crippen LogP contribution in [0.3, 0.4) is 0 Å². The molecular weight excluding hydrogens is 877 g/mol. The number of carbonyl (C=O) groups excluding carboxylic acids is 3. The van der Waals surface area contributed by atoms with Gasteiger partial charge in [-0.15, -0.1) is 0 Å². The molecule has 0 rings (SSSR count). The fourth-order valence-corrected chi connectivity index (χ4v) is 8.52. The lowest BCUT2D eigenvalue weighted by molar-refractivity contribution is -0.167. The topological polar surface area (TPSA) is 78.9 Å². The van der Waals surface area contributed by atoms with Crippen molar-refractivity contribution >= 4 is 17.9 Å². The van der Waals surface area contributed by atoms with E-state index in [1.807, 2.05) is 0 Å². The quantitative estimate of drug-likeness (QED) is 0.0261. The molecular formula is C65H114O6. The Morgan fingerprint density at radius 3 is 0.873 bits per heavy atom. The monoisotopic (exact) mass is 991 g/mol. The summed E-state index contributed by atoms with van der Waals surface area (Å²) in [6.45, 7) is 6.57. The molecule has 0 amide bonds. The van der Waals surface area contributed by atoms with Crippen LogP contribution in [-0.2, 0) is 28.6 Å². The first-order valence-corrected chi connectivity index (χ1v) is 30.4. The predicted molar refractivity (Wildman–Crippen MR) is 307 cm³/mol. The Hall–Kier alpha value is -3.15. The first-order chi connectivity index (χ1) is 35.0. The molecule has 0 N–H and O–H groups in total. The maximum Gasteiger partial charge on any atom is 0.306 e. The lowest BCUT2D eigenvalue weighted by Gasteiger charge is -2.18. The molecule has 0 fully saturated rings. The van der Waals surface area contributed by atoms with E-state index in [1.54, 1.807) is 0 Å². The van der Waals surface area contributed by atoms with Crippen molar-refractivity contribution in [3.63, 3.8) is 0 Å². The van der Waals surface area contributed by atoms with Crippen molar-refractivity contribution in [2.45, 2.75) is 309 Å². The highest BCUT2D eigenvalue weighted by Crippen LogP contribution is 2.15. The predicted octanol–water partition coefficient (Wildman–Crippen LogP) is 20.5. The van der Waals surface area contributed by atoms with Crippen LogP contribution in [0.1, 0.15) is 303 Å². The van der Waals surface area contributed by atoms with E-state index >= 15 is 0 Å². The molecule has 0 saturated carbocycles. The third kappa shape index (κ3) is 57.6. The Morgan fingerprint density at radius 1 is 0.282 bits per heavy atom. The summed E-state index contributed by atoms with van der Waals surface area (Å²) in [5, 5.41) is 0. The van der Waals surface area contributed by atoms with E-state index in [0.29, 0.717) is 19.3 Å². The third-order valence-corrected chi connectivity index (χ3v) is 13.2. The van der Waals surface area contributed by atoms with Crippen molar-refractivity contribution in [3.05, 3.63) is 72.9 Å². The minimum Gasteiger partial charge on any atom is -0.462 e. The largest absolute Gasteiger partial charge is 0.462 e. The molecule has 0 aromatic carbocycles. The average molecular weight is 992 g/mol. The van der Waals surface area contributed by atoms with Crippen molar-refractivity contribution < 1.29 is 28.6 Å². The van der Waals surface area contributed by atoms with Gasteiger partial charge in [-0.2, -0.15) is 0 Å². The highest BCUT2D eigenvalue weighted by atomic mass is 16.6. The van der Waals surface area contributed by atoms with E-state index < -0.39 is 6.10 Å². The molecule has 0 aliphatic carbocycles. The summed E-state index contributed by atoms with van der Waals surface area (Å²) in [5.74, 6) is -0.899. The number of rotatable bonds is 55. The molecule has 0 spiro atoms. The Morgan fingerprint density at radius 2 is 0.521 bits per heavy atom. The third-order valence-electron chi connectivity index (χ3n) is 13.2. The highest BCUT2D eigenvalue weighted by molar-refractivity contribution is 5.71. The van der Waals surface area contributed by atoms with Crippen LogP contribution in [0.4, 0.5) is 0 Å². The summed E-state index contributed by atoms with van der Waals surface area (Å²) >= 11 is 0. The van der Waals surface area contributed by atoms with Gasteiger partial charge >= 0.3 is 17.9 Å². The van der Waals surface area contributed by atoms with Gasteiger partial charge in [0.1, 0.15) is 13.2 Å². The van der Waals surface area contributed by atoms with Crippen LogP contribution in [0.25, 0.3) is 0 Å². The lowest BCUT2D eigenvalue weighted by Crippen LogP contribution is -2.30. The van der Waals surface area contributed by atoms with Gasteiger partial charge in [0, 0.05) is 19.3 Å². The van der Waals surface area contributed by atoms with Crippen LogP contribution >= 0.6 is 0 Å². The van der Waals surface area contributed by atoms with Gasteiger partial charge in [-0.25, -0.2) is 0 Å². The van der Waals surface area contributed by atoms with Crippen molar-refractivity contribution in [2.24, 2.45) is 0 Å². The smallest absolute Gasteiger partial charge is 0.306 e. The Labute approximate surface area is 440 Å². The second-order valence-corrected chi connectivity index (χ2v) is 20.2. The molecule has 6 nitrogen and oxygen atoms in total. The average Bonchev–Trinajstić information content (AvgIpc) is 3.37. The molecule has 0 aromatic heterocycles. The summed E-state index contributed by atoms with van der Waals surface area (Å²) < 4.78 is 16.9. The SMILES string of the molecule is CCCC/C=C\CCCCCCCC(=O)OCC(COC(=O)CCCCCCCCCCCCC/C=C\C/C=C\CCCCCCC)OC(=O)CCCCCCCC/C=C\C/C=C\C/C=C\CCCCC. The Bertz CT molecular complexity index is 1320. The van der Waals surface area contributed by atoms with Crippen molar-refractivity contribution in [1.82, 2.24) is 0 Å². The molecule has 0 aromatic rings. The zero-order valence-electron chi connectivity index (χ0n) is 47.0. The van der Waals surface area contributed by atoms with Gasteiger partial charge in [-0.3, -0.25) is 14.4 Å². The molecule has 0 aliphatic rings. The van der Waals surface area contributed by atoms with Crippen LogP contribution in [0.5, 0.6) is 0 Å². The standard InChI is InChI=1S/C65H114O6/c1-4-7-10-13-16-19-22-24-26-28-30-31-32-33-35-36-38-40-43-46-49-52-55-58-64(67)70-61-62(60-69-63(66)57-54-51-48-45-42-21-18-15-12-9-6-3)71-65(68)59-56-53-50-47-44-41-39-37-34-29-27-25-23-20-17-14-11-8-5-2/h15,17-18,20,22,24-25,27-28,30,34,37,62H,4-14,16,19,21,23,26,29,31-33,35-36,38-61H2,1-3H3/b18-15-,20-17-,24-22-,27-25-,30-28-,37-34-. The molecule has 0 heterocycles. The van der Waals surface area contributed by atoms with E-state index in [1.165, 1.54) is 167 Å². The Balaban J connectivity index is 4.31. The number of carbonyl (C=O) groups is 3. The van der Waals surface area contributed by atoms with Gasteiger partial charge in [0.2, 0.25) is 0 Å². The molecule has 0 bridgehead atoms. The molecule has 0 aliphatic heterocycles. The van der Waals surface area contributed by atoms with Crippen molar-refractivity contribution in [1.29, 1.82) is 0 Å². The maximum absolute atomic E-state index is 12.9.